The molecule has 0 aromatic rings. The van der Waals surface area contributed by atoms with Gasteiger partial charge in [0.2, 0.25) is 6.41 Å². The summed E-state index contributed by atoms with van der Waals surface area (Å²) in [4.78, 5) is 34.1. The monoisotopic (exact) mass is 370 g/mol. The molecule has 0 unspecified atom stereocenters. The van der Waals surface area contributed by atoms with Crippen molar-refractivity contribution in [1.82, 2.24) is 14.3 Å². The molecule has 0 spiro atoms. The van der Waals surface area contributed by atoms with Crippen LogP contribution >= 0.6 is 0 Å². The Morgan fingerprint density at radius 2 is 2.00 bits per heavy atom. The topological polar surface area (TPSA) is 171 Å². The normalized spacial score (nSPS) is 24.3. The number of carbonyl (C=O) groups excluding carboxylic acids is 3. The lowest BCUT2D eigenvalue weighted by atomic mass is 10.1. The predicted molar refractivity (Wildman–Crippen MR) is 68.3 cm³/mol. The van der Waals surface area contributed by atoms with Crippen molar-refractivity contribution in [3.8, 4) is 0 Å². The zero-order valence-electron chi connectivity index (χ0n) is 11.2. The summed E-state index contributed by atoms with van der Waals surface area (Å²) in [6.07, 6.45) is -0.615. The summed E-state index contributed by atoms with van der Waals surface area (Å²) in [6, 6.07) is -1.82. The Morgan fingerprint density at radius 3 is 2.52 bits per heavy atom. The van der Waals surface area contributed by atoms with Crippen molar-refractivity contribution in [3.05, 3.63) is 0 Å². The zero-order chi connectivity index (χ0) is 17.4. The number of isocyanates is 1. The highest BCUT2D eigenvalue weighted by Crippen LogP contribution is 2.32. The van der Waals surface area contributed by atoms with Gasteiger partial charge >= 0.3 is 26.6 Å². The molecule has 2 heterocycles. The maximum atomic E-state index is 12.1. The van der Waals surface area contributed by atoms with E-state index in [1.54, 1.807) is 0 Å². The van der Waals surface area contributed by atoms with Crippen molar-refractivity contribution >= 4 is 39.1 Å². The van der Waals surface area contributed by atoms with Crippen LogP contribution in [0.15, 0.2) is 4.40 Å². The average Bonchev–Trinajstić information content (AvgIpc) is 2.65. The maximum Gasteiger partial charge on any atom is 0.418 e. The van der Waals surface area contributed by atoms with Crippen molar-refractivity contribution in [2.24, 2.45) is 4.40 Å². The van der Waals surface area contributed by atoms with Crippen LogP contribution in [-0.2, 0) is 34.5 Å². The number of fused-ring (bicyclic) bond motifs is 2. The van der Waals surface area contributed by atoms with E-state index in [2.05, 4.69) is 8.68 Å². The minimum Gasteiger partial charge on any atom is -0.299 e. The molecule has 2 saturated heterocycles. The molecule has 23 heavy (non-hydrogen) atoms. The van der Waals surface area contributed by atoms with Crippen LogP contribution in [0.2, 0.25) is 0 Å². The Hall–Kier alpha value is -2.06. The highest BCUT2D eigenvalue weighted by molar-refractivity contribution is 7.88. The number of nitrogens with zero attached hydrogens (tertiary/aromatic N) is 4. The number of hydrogen-bond donors (Lipinski definition) is 1. The second kappa shape index (κ2) is 5.86. The molecule has 13 nitrogen and oxygen atoms in total. The second-order valence-corrected chi connectivity index (χ2v) is 7.07. The van der Waals surface area contributed by atoms with Gasteiger partial charge in [0.25, 0.3) is 6.08 Å². The van der Waals surface area contributed by atoms with Gasteiger partial charge in [-0.15, -0.1) is 4.28 Å². The molecule has 2 atom stereocenters. The highest BCUT2D eigenvalue weighted by Gasteiger charge is 2.50. The van der Waals surface area contributed by atoms with Crippen LogP contribution < -0.4 is 0 Å². The number of hydroxylamine groups is 2. The number of urea groups is 1. The molecular formula is C8H10N4O9S2. The third-order valence-electron chi connectivity index (χ3n) is 3.28. The van der Waals surface area contributed by atoms with Gasteiger partial charge in [-0.2, -0.15) is 21.9 Å². The molecule has 2 fully saturated rings. The smallest absolute Gasteiger partial charge is 0.299 e. The second-order valence-electron chi connectivity index (χ2n) is 4.57. The Balaban J connectivity index is 2.31. The average molecular weight is 370 g/mol. The lowest BCUT2D eigenvalue weighted by Crippen LogP contribution is -2.52. The van der Waals surface area contributed by atoms with Crippen molar-refractivity contribution < 1.29 is 40.1 Å². The molecule has 0 aromatic heterocycles. The van der Waals surface area contributed by atoms with E-state index < -0.39 is 38.8 Å². The van der Waals surface area contributed by atoms with E-state index in [4.69, 9.17) is 4.55 Å². The van der Waals surface area contributed by atoms with Gasteiger partial charge < -0.3 is 0 Å². The van der Waals surface area contributed by atoms with Gasteiger partial charge in [0, 0.05) is 6.54 Å². The Labute approximate surface area is 130 Å². The molecular weight excluding hydrogens is 360 g/mol. The lowest BCUT2D eigenvalue weighted by Gasteiger charge is -2.34. The van der Waals surface area contributed by atoms with Crippen molar-refractivity contribution in [1.29, 1.82) is 0 Å². The Bertz CT molecular complexity index is 771. The first-order valence-corrected chi connectivity index (χ1v) is 8.71. The molecule has 2 aliphatic heterocycles. The van der Waals surface area contributed by atoms with Crippen LogP contribution in [0.25, 0.3) is 0 Å². The van der Waals surface area contributed by atoms with Crippen LogP contribution in [-0.4, -0.2) is 72.9 Å². The summed E-state index contributed by atoms with van der Waals surface area (Å²) in [5, 5.41) is 0.383. The quantitative estimate of drug-likeness (QED) is 0.240. The molecule has 1 N–H and O–H groups in total. The molecule has 0 saturated carbocycles. The van der Waals surface area contributed by atoms with Crippen molar-refractivity contribution in [2.75, 3.05) is 6.54 Å². The van der Waals surface area contributed by atoms with Crippen LogP contribution in [0.4, 0.5) is 4.79 Å². The van der Waals surface area contributed by atoms with Crippen LogP contribution in [0, 0.1) is 0 Å². The third kappa shape index (κ3) is 3.32. The number of hydrogen-bond acceptors (Lipinski definition) is 8. The lowest BCUT2D eigenvalue weighted by molar-refractivity contribution is -0.117. The number of carbonyl (C=O) groups is 2. The number of piperidine rings is 1. The summed E-state index contributed by atoms with van der Waals surface area (Å²) in [7, 11) is -9.63. The van der Waals surface area contributed by atoms with E-state index in [-0.39, 0.29) is 30.1 Å². The molecule has 2 bridgehead atoms. The SMILES string of the molecule is O=C=NS(=O)(=O)N(C=O)[C@H]1CC[C@@H]2CN1C(=O)N2OS(=O)(=O)O. The van der Waals surface area contributed by atoms with Gasteiger partial charge in [0.1, 0.15) is 6.17 Å². The first-order valence-electron chi connectivity index (χ1n) is 5.95. The van der Waals surface area contributed by atoms with Gasteiger partial charge in [-0.1, -0.05) is 4.40 Å². The summed E-state index contributed by atoms with van der Waals surface area (Å²) >= 11 is 0. The molecule has 128 valence electrons. The molecule has 3 amide bonds. The Kier molecular flexibility index (Phi) is 4.41. The van der Waals surface area contributed by atoms with E-state index >= 15 is 0 Å². The van der Waals surface area contributed by atoms with Crippen molar-refractivity contribution in [2.45, 2.75) is 25.0 Å². The first-order chi connectivity index (χ1) is 10.6. The highest BCUT2D eigenvalue weighted by atomic mass is 32.3. The fraction of sp³-hybridized carbons (Fsp3) is 0.625. The molecule has 15 heteroatoms. The molecule has 0 aliphatic carbocycles. The van der Waals surface area contributed by atoms with Crippen molar-refractivity contribution in [3.63, 3.8) is 0 Å². The summed E-state index contributed by atoms with van der Waals surface area (Å²) in [5.74, 6) is 0. The van der Waals surface area contributed by atoms with Gasteiger partial charge in [-0.3, -0.25) is 14.2 Å². The first kappa shape index (κ1) is 17.3. The van der Waals surface area contributed by atoms with Gasteiger partial charge in [-0.25, -0.2) is 13.9 Å². The van der Waals surface area contributed by atoms with E-state index in [9.17, 15) is 31.2 Å². The standard InChI is InChI=1S/C8H10N4O9S2/c13-4-9-22(16,17)11(5-14)7-2-1-6-3-10(7)8(15)12(6)21-23(18,19)20/h5-7H,1-3H2,(H,18,19,20)/t6-,7+/m1/s1. The minimum absolute atomic E-state index is 0.0475. The summed E-state index contributed by atoms with van der Waals surface area (Å²) in [6.45, 7) is -0.149. The van der Waals surface area contributed by atoms with Gasteiger partial charge in [-0.05, 0) is 12.8 Å². The van der Waals surface area contributed by atoms with Crippen LogP contribution in [0.1, 0.15) is 12.8 Å². The van der Waals surface area contributed by atoms with E-state index in [0.717, 1.165) is 11.0 Å². The fourth-order valence-electron chi connectivity index (χ4n) is 2.45. The van der Waals surface area contributed by atoms with Crippen LogP contribution in [0.3, 0.4) is 0 Å². The molecule has 2 aliphatic rings. The van der Waals surface area contributed by atoms with Gasteiger partial charge in [0.05, 0.1) is 6.04 Å². The Morgan fingerprint density at radius 1 is 1.35 bits per heavy atom. The summed E-state index contributed by atoms with van der Waals surface area (Å²) in [5.41, 5.74) is 0. The van der Waals surface area contributed by atoms with E-state index in [1.807, 2.05) is 0 Å². The molecule has 0 aromatic carbocycles. The van der Waals surface area contributed by atoms with Gasteiger partial charge in [0.15, 0.2) is 0 Å². The maximum absolute atomic E-state index is 12.1. The van der Waals surface area contributed by atoms with Crippen LogP contribution in [0.5, 0.6) is 0 Å². The minimum atomic E-state index is -4.95. The fourth-order valence-corrected chi connectivity index (χ4v) is 3.66. The number of rotatable bonds is 6. The largest absolute Gasteiger partial charge is 0.418 e. The number of amides is 3. The summed E-state index contributed by atoms with van der Waals surface area (Å²) < 4.78 is 60.4. The van der Waals surface area contributed by atoms with E-state index in [1.165, 1.54) is 0 Å². The predicted octanol–water partition coefficient (Wildman–Crippen LogP) is -2.01. The molecule has 0 radical (unpaired) electrons. The van der Waals surface area contributed by atoms with E-state index in [0.29, 0.717) is 5.06 Å². The zero-order valence-corrected chi connectivity index (χ0v) is 12.8. The molecule has 2 rings (SSSR count). The third-order valence-corrected chi connectivity index (χ3v) is 4.80.